The highest BCUT2D eigenvalue weighted by Gasteiger charge is 2.06. The van der Waals surface area contributed by atoms with Crippen molar-refractivity contribution in [3.63, 3.8) is 0 Å². The molecule has 84 valence electrons. The maximum absolute atomic E-state index is 5.98. The lowest BCUT2D eigenvalue weighted by molar-refractivity contribution is 1.44. The van der Waals surface area contributed by atoms with Crippen molar-refractivity contribution in [2.45, 2.75) is 0 Å². The van der Waals surface area contributed by atoms with Gasteiger partial charge in [0.05, 0.1) is 0 Å². The lowest BCUT2D eigenvalue weighted by Gasteiger charge is -2.00. The lowest BCUT2D eigenvalue weighted by Crippen LogP contribution is -1.77. The summed E-state index contributed by atoms with van der Waals surface area (Å²) < 4.78 is 1.08. The molecule has 1 aromatic heterocycles. The summed E-state index contributed by atoms with van der Waals surface area (Å²) in [5.41, 5.74) is 3.34. The van der Waals surface area contributed by atoms with Crippen LogP contribution in [0.15, 0.2) is 53.0 Å². The van der Waals surface area contributed by atoms with Gasteiger partial charge in [0, 0.05) is 31.7 Å². The van der Waals surface area contributed by atoms with Gasteiger partial charge in [-0.1, -0.05) is 45.7 Å². The molecule has 0 fully saturated rings. The molecule has 3 heteroatoms. The summed E-state index contributed by atoms with van der Waals surface area (Å²) in [6.45, 7) is 0. The maximum Gasteiger partial charge on any atom is 0.0476 e. The fourth-order valence-electron chi connectivity index (χ4n) is 1.93. The Kier molecular flexibility index (Phi) is 2.69. The van der Waals surface area contributed by atoms with Crippen molar-refractivity contribution in [1.29, 1.82) is 0 Å². The van der Waals surface area contributed by atoms with Crippen molar-refractivity contribution >= 4 is 38.4 Å². The number of aromatic nitrogens is 1. The van der Waals surface area contributed by atoms with Gasteiger partial charge in [0.15, 0.2) is 0 Å². The van der Waals surface area contributed by atoms with Gasteiger partial charge in [-0.15, -0.1) is 0 Å². The number of rotatable bonds is 1. The Morgan fingerprint density at radius 2 is 1.82 bits per heavy atom. The van der Waals surface area contributed by atoms with E-state index in [9.17, 15) is 0 Å². The molecule has 0 atom stereocenters. The SMILES string of the molecule is Clc1ccc2[nH]c(-c3ccccc3Br)cc2c1. The van der Waals surface area contributed by atoms with Crippen LogP contribution < -0.4 is 0 Å². The molecule has 0 bridgehead atoms. The van der Waals surface area contributed by atoms with E-state index in [-0.39, 0.29) is 0 Å². The van der Waals surface area contributed by atoms with E-state index in [1.807, 2.05) is 36.4 Å². The van der Waals surface area contributed by atoms with E-state index in [4.69, 9.17) is 11.6 Å². The van der Waals surface area contributed by atoms with E-state index in [1.54, 1.807) is 0 Å². The summed E-state index contributed by atoms with van der Waals surface area (Å²) in [5.74, 6) is 0. The van der Waals surface area contributed by atoms with E-state index in [1.165, 1.54) is 0 Å². The molecule has 0 unspecified atom stereocenters. The fourth-order valence-corrected chi connectivity index (χ4v) is 2.61. The van der Waals surface area contributed by atoms with Crippen LogP contribution in [0, 0.1) is 0 Å². The molecule has 0 radical (unpaired) electrons. The first kappa shape index (κ1) is 10.9. The van der Waals surface area contributed by atoms with Crippen molar-refractivity contribution in [2.75, 3.05) is 0 Å². The molecule has 1 N–H and O–H groups in total. The zero-order valence-corrected chi connectivity index (χ0v) is 11.2. The van der Waals surface area contributed by atoms with Crippen molar-refractivity contribution in [2.24, 2.45) is 0 Å². The molecule has 1 nitrogen and oxygen atoms in total. The van der Waals surface area contributed by atoms with Crippen LogP contribution in [0.1, 0.15) is 0 Å². The van der Waals surface area contributed by atoms with E-state index in [2.05, 4.69) is 33.0 Å². The number of H-pyrrole nitrogens is 1. The van der Waals surface area contributed by atoms with Crippen LogP contribution in [0.25, 0.3) is 22.2 Å². The molecule has 0 spiro atoms. The fraction of sp³-hybridized carbons (Fsp3) is 0. The highest BCUT2D eigenvalue weighted by atomic mass is 79.9. The third-order valence-electron chi connectivity index (χ3n) is 2.75. The van der Waals surface area contributed by atoms with Gasteiger partial charge in [0.25, 0.3) is 0 Å². The average molecular weight is 307 g/mol. The number of halogens is 2. The second-order valence-corrected chi connectivity index (χ2v) is 5.19. The average Bonchev–Trinajstić information content (AvgIpc) is 2.72. The van der Waals surface area contributed by atoms with E-state index < -0.39 is 0 Å². The Balaban J connectivity index is 2.22. The number of hydrogen-bond donors (Lipinski definition) is 1. The minimum atomic E-state index is 0.759. The molecule has 17 heavy (non-hydrogen) atoms. The summed E-state index contributed by atoms with van der Waals surface area (Å²) in [5, 5.41) is 1.89. The molecule has 1 heterocycles. The standard InChI is InChI=1S/C14H9BrClN/c15-12-4-2-1-3-11(12)14-8-9-7-10(16)5-6-13(9)17-14/h1-8,17H. The van der Waals surface area contributed by atoms with Crippen LogP contribution in [0.5, 0.6) is 0 Å². The monoisotopic (exact) mass is 305 g/mol. The molecule has 0 saturated carbocycles. The zero-order valence-electron chi connectivity index (χ0n) is 8.87. The van der Waals surface area contributed by atoms with Crippen LogP contribution in [-0.4, -0.2) is 4.98 Å². The van der Waals surface area contributed by atoms with Crippen LogP contribution in [0.3, 0.4) is 0 Å². The predicted molar refractivity (Wildman–Crippen MR) is 76.4 cm³/mol. The molecule has 0 aliphatic heterocycles. The minimum Gasteiger partial charge on any atom is -0.354 e. The number of nitrogens with one attached hydrogen (secondary N) is 1. The third kappa shape index (κ3) is 1.99. The van der Waals surface area contributed by atoms with Gasteiger partial charge in [0.2, 0.25) is 0 Å². The van der Waals surface area contributed by atoms with E-state index >= 15 is 0 Å². The summed E-state index contributed by atoms with van der Waals surface area (Å²) >= 11 is 9.54. The van der Waals surface area contributed by atoms with Crippen LogP contribution in [0.2, 0.25) is 5.02 Å². The Bertz CT molecular complexity index is 688. The second-order valence-electron chi connectivity index (χ2n) is 3.89. The van der Waals surface area contributed by atoms with Crippen LogP contribution in [-0.2, 0) is 0 Å². The van der Waals surface area contributed by atoms with Gasteiger partial charge in [0.1, 0.15) is 0 Å². The summed E-state index contributed by atoms with van der Waals surface area (Å²) in [6.07, 6.45) is 0. The largest absolute Gasteiger partial charge is 0.354 e. The van der Waals surface area contributed by atoms with Crippen molar-refractivity contribution in [3.8, 4) is 11.3 Å². The second kappa shape index (κ2) is 4.21. The van der Waals surface area contributed by atoms with Gasteiger partial charge < -0.3 is 4.98 Å². The molecule has 0 amide bonds. The van der Waals surface area contributed by atoms with Gasteiger partial charge in [-0.25, -0.2) is 0 Å². The predicted octanol–water partition coefficient (Wildman–Crippen LogP) is 5.25. The van der Waals surface area contributed by atoms with Gasteiger partial charge in [-0.2, -0.15) is 0 Å². The normalized spacial score (nSPS) is 10.9. The molecular weight excluding hydrogens is 298 g/mol. The quantitative estimate of drug-likeness (QED) is 0.632. The Morgan fingerprint density at radius 3 is 2.65 bits per heavy atom. The first-order valence-corrected chi connectivity index (χ1v) is 6.44. The number of benzene rings is 2. The molecule has 0 aliphatic carbocycles. The molecule has 0 aliphatic rings. The van der Waals surface area contributed by atoms with Crippen LogP contribution in [0.4, 0.5) is 0 Å². The summed E-state index contributed by atoms with van der Waals surface area (Å²) in [7, 11) is 0. The van der Waals surface area contributed by atoms with Crippen molar-refractivity contribution < 1.29 is 0 Å². The molecule has 2 aromatic carbocycles. The third-order valence-corrected chi connectivity index (χ3v) is 3.67. The van der Waals surface area contributed by atoms with Crippen molar-refractivity contribution in [3.05, 3.63) is 58.0 Å². The number of aromatic amines is 1. The summed E-state index contributed by atoms with van der Waals surface area (Å²) in [4.78, 5) is 3.39. The molecule has 3 rings (SSSR count). The Hall–Kier alpha value is -1.25. The highest BCUT2D eigenvalue weighted by molar-refractivity contribution is 9.10. The highest BCUT2D eigenvalue weighted by Crippen LogP contribution is 2.30. The van der Waals surface area contributed by atoms with Gasteiger partial charge in [-0.3, -0.25) is 0 Å². The first-order chi connectivity index (χ1) is 8.24. The topological polar surface area (TPSA) is 15.8 Å². The molecular formula is C14H9BrClN. The molecule has 3 aromatic rings. The first-order valence-electron chi connectivity index (χ1n) is 5.27. The van der Waals surface area contributed by atoms with Gasteiger partial charge >= 0.3 is 0 Å². The number of hydrogen-bond acceptors (Lipinski definition) is 0. The van der Waals surface area contributed by atoms with Crippen LogP contribution >= 0.6 is 27.5 Å². The smallest absolute Gasteiger partial charge is 0.0476 e. The van der Waals surface area contributed by atoms with Gasteiger partial charge in [-0.05, 0) is 30.3 Å². The summed E-state index contributed by atoms with van der Waals surface area (Å²) in [6, 6.07) is 16.1. The molecule has 0 saturated heterocycles. The number of fused-ring (bicyclic) bond motifs is 1. The Morgan fingerprint density at radius 1 is 1.00 bits per heavy atom. The van der Waals surface area contributed by atoms with Crippen molar-refractivity contribution in [1.82, 2.24) is 4.98 Å². The Labute approximate surface area is 113 Å². The maximum atomic E-state index is 5.98. The lowest BCUT2D eigenvalue weighted by atomic mass is 10.1. The zero-order chi connectivity index (χ0) is 11.8. The minimum absolute atomic E-state index is 0.759. The van der Waals surface area contributed by atoms with E-state index in [0.717, 1.165) is 31.7 Å². The van der Waals surface area contributed by atoms with E-state index in [0.29, 0.717) is 0 Å².